The van der Waals surface area contributed by atoms with Gasteiger partial charge in [0.15, 0.2) is 4.90 Å². The monoisotopic (exact) mass is 316 g/mol. The van der Waals surface area contributed by atoms with Crippen LogP contribution in [0.2, 0.25) is 0 Å². The van der Waals surface area contributed by atoms with Gasteiger partial charge >= 0.3 is 0 Å². The fourth-order valence-corrected chi connectivity index (χ4v) is 4.28. The number of morpholine rings is 1. The number of hydrogen-bond donors (Lipinski definition) is 1. The molecule has 1 aliphatic rings. The van der Waals surface area contributed by atoms with E-state index in [-0.39, 0.29) is 24.7 Å². The molecule has 0 spiro atoms. The van der Waals surface area contributed by atoms with E-state index in [4.69, 9.17) is 4.74 Å². The molecule has 21 heavy (non-hydrogen) atoms. The molecule has 1 aliphatic heterocycles. The highest BCUT2D eigenvalue weighted by atomic mass is 32.2. The summed E-state index contributed by atoms with van der Waals surface area (Å²) in [6.45, 7) is 1.41. The van der Waals surface area contributed by atoms with Crippen molar-refractivity contribution in [2.24, 2.45) is 0 Å². The molecule has 0 aliphatic carbocycles. The number of aliphatic hydroxyl groups excluding tert-OH is 1. The van der Waals surface area contributed by atoms with Crippen LogP contribution < -0.4 is 0 Å². The lowest BCUT2D eigenvalue weighted by Crippen LogP contribution is -2.50. The molecular weight excluding hydrogens is 300 g/mol. The maximum atomic E-state index is 12.8. The second-order valence-electron chi connectivity index (χ2n) is 4.71. The first-order valence-electron chi connectivity index (χ1n) is 6.34. The van der Waals surface area contributed by atoms with Crippen LogP contribution in [0.3, 0.4) is 0 Å². The van der Waals surface area contributed by atoms with Crippen LogP contribution in [0.1, 0.15) is 5.56 Å². The summed E-state index contributed by atoms with van der Waals surface area (Å²) in [7, 11) is -4.08. The smallest absolute Gasteiger partial charge is 0.289 e. The Hall–Kier alpha value is -1.55. The van der Waals surface area contributed by atoms with Crippen LogP contribution in [-0.2, 0) is 14.8 Å². The molecule has 0 aromatic heterocycles. The minimum atomic E-state index is -4.08. The Bertz CT molecular complexity index is 645. The largest absolute Gasteiger partial charge is 0.395 e. The van der Waals surface area contributed by atoms with E-state index >= 15 is 0 Å². The lowest BCUT2D eigenvalue weighted by Gasteiger charge is -2.33. The van der Waals surface area contributed by atoms with Gasteiger partial charge in [-0.2, -0.15) is 4.31 Å². The highest BCUT2D eigenvalue weighted by molar-refractivity contribution is 7.89. The van der Waals surface area contributed by atoms with Gasteiger partial charge in [-0.05, 0) is 12.5 Å². The molecule has 1 heterocycles. The van der Waals surface area contributed by atoms with Crippen molar-refractivity contribution in [2.45, 2.75) is 17.9 Å². The van der Waals surface area contributed by atoms with Crippen LogP contribution in [0.5, 0.6) is 0 Å². The molecule has 1 aromatic rings. The second kappa shape index (κ2) is 6.06. The van der Waals surface area contributed by atoms with E-state index in [1.54, 1.807) is 0 Å². The van der Waals surface area contributed by atoms with Crippen LogP contribution in [0.4, 0.5) is 5.69 Å². The molecule has 9 heteroatoms. The summed E-state index contributed by atoms with van der Waals surface area (Å²) in [6.07, 6.45) is 0. The van der Waals surface area contributed by atoms with Gasteiger partial charge in [0.2, 0.25) is 0 Å². The third kappa shape index (κ3) is 2.91. The van der Waals surface area contributed by atoms with Crippen LogP contribution in [0.15, 0.2) is 23.1 Å². The fraction of sp³-hybridized carbons (Fsp3) is 0.500. The second-order valence-corrected chi connectivity index (χ2v) is 6.53. The highest BCUT2D eigenvalue weighted by Gasteiger charge is 2.38. The third-order valence-corrected chi connectivity index (χ3v) is 5.48. The first-order chi connectivity index (χ1) is 9.89. The van der Waals surface area contributed by atoms with Crippen LogP contribution in [0.25, 0.3) is 0 Å². The van der Waals surface area contributed by atoms with E-state index in [0.717, 1.165) is 10.4 Å². The Labute approximate surface area is 122 Å². The summed E-state index contributed by atoms with van der Waals surface area (Å²) < 4.78 is 31.7. The summed E-state index contributed by atoms with van der Waals surface area (Å²) in [5.41, 5.74) is -0.162. The Morgan fingerprint density at radius 2 is 2.24 bits per heavy atom. The van der Waals surface area contributed by atoms with E-state index < -0.39 is 33.3 Å². The Kier molecular flexibility index (Phi) is 4.57. The quantitative estimate of drug-likeness (QED) is 0.631. The SMILES string of the molecule is Cc1cccc([N+](=O)[O-])c1S(=O)(=O)N1CCOCC1CO. The molecule has 0 amide bonds. The van der Waals surface area contributed by atoms with Crippen molar-refractivity contribution in [2.75, 3.05) is 26.4 Å². The van der Waals surface area contributed by atoms with Crippen LogP contribution >= 0.6 is 0 Å². The van der Waals surface area contributed by atoms with Crippen LogP contribution in [-0.4, -0.2) is 55.2 Å². The average Bonchev–Trinajstić information content (AvgIpc) is 2.46. The van der Waals surface area contributed by atoms with Crippen molar-refractivity contribution in [1.82, 2.24) is 4.31 Å². The molecule has 0 saturated carbocycles. The number of nitro benzene ring substituents is 1. The molecule has 0 bridgehead atoms. The van der Waals surface area contributed by atoms with Gasteiger partial charge in [0, 0.05) is 12.6 Å². The van der Waals surface area contributed by atoms with Crippen molar-refractivity contribution in [3.8, 4) is 0 Å². The van der Waals surface area contributed by atoms with Gasteiger partial charge < -0.3 is 9.84 Å². The standard InChI is InChI=1S/C12H16N2O6S/c1-9-3-2-4-11(14(16)17)12(9)21(18,19)13-5-6-20-8-10(13)7-15/h2-4,10,15H,5-8H2,1H3. The Morgan fingerprint density at radius 3 is 2.86 bits per heavy atom. The molecule has 0 radical (unpaired) electrons. The van der Waals surface area contributed by atoms with Gasteiger partial charge in [-0.1, -0.05) is 12.1 Å². The summed E-state index contributed by atoms with van der Waals surface area (Å²) in [5.74, 6) is 0. The van der Waals surface area contributed by atoms with Gasteiger partial charge in [0.1, 0.15) is 0 Å². The molecule has 1 N–H and O–H groups in total. The van der Waals surface area contributed by atoms with Crippen LogP contribution in [0, 0.1) is 17.0 Å². The maximum absolute atomic E-state index is 12.8. The first kappa shape index (κ1) is 15.8. The predicted octanol–water partition coefficient (Wildman–Crippen LogP) is 0.285. The average molecular weight is 316 g/mol. The number of nitro groups is 1. The Morgan fingerprint density at radius 1 is 1.52 bits per heavy atom. The molecule has 1 unspecified atom stereocenters. The zero-order valence-corrected chi connectivity index (χ0v) is 12.2. The predicted molar refractivity (Wildman–Crippen MR) is 73.4 cm³/mol. The van der Waals surface area contributed by atoms with Gasteiger partial charge in [-0.25, -0.2) is 8.42 Å². The zero-order chi connectivity index (χ0) is 15.6. The molecular formula is C12H16N2O6S. The molecule has 1 aromatic carbocycles. The minimum absolute atomic E-state index is 0.0546. The minimum Gasteiger partial charge on any atom is -0.395 e. The number of benzene rings is 1. The van der Waals surface area contributed by atoms with Gasteiger partial charge in [0.05, 0.1) is 30.8 Å². The number of aryl methyl sites for hydroxylation is 1. The number of nitrogens with zero attached hydrogens (tertiary/aromatic N) is 2. The number of ether oxygens (including phenoxy) is 1. The number of hydrogen-bond acceptors (Lipinski definition) is 6. The van der Waals surface area contributed by atoms with E-state index in [0.29, 0.717) is 5.56 Å². The summed E-state index contributed by atoms with van der Waals surface area (Å²) in [4.78, 5) is 10.1. The Balaban J connectivity index is 2.56. The van der Waals surface area contributed by atoms with Gasteiger partial charge in [-0.15, -0.1) is 0 Å². The van der Waals surface area contributed by atoms with E-state index in [9.17, 15) is 23.6 Å². The van der Waals surface area contributed by atoms with Crippen molar-refractivity contribution >= 4 is 15.7 Å². The molecule has 1 fully saturated rings. The highest BCUT2D eigenvalue weighted by Crippen LogP contribution is 2.31. The van der Waals surface area contributed by atoms with Crippen molar-refractivity contribution in [3.63, 3.8) is 0 Å². The normalized spacial score (nSPS) is 20.4. The first-order valence-corrected chi connectivity index (χ1v) is 7.78. The molecule has 2 rings (SSSR count). The number of sulfonamides is 1. The van der Waals surface area contributed by atoms with E-state index in [1.165, 1.54) is 19.1 Å². The zero-order valence-electron chi connectivity index (χ0n) is 11.4. The number of aliphatic hydroxyl groups is 1. The summed E-state index contributed by atoms with van der Waals surface area (Å²) >= 11 is 0. The van der Waals surface area contributed by atoms with Crippen molar-refractivity contribution in [3.05, 3.63) is 33.9 Å². The topological polar surface area (TPSA) is 110 Å². The summed E-state index contributed by atoms with van der Waals surface area (Å²) in [6, 6.07) is 3.38. The lowest BCUT2D eigenvalue weighted by molar-refractivity contribution is -0.388. The van der Waals surface area contributed by atoms with Gasteiger partial charge in [0.25, 0.3) is 15.7 Å². The van der Waals surface area contributed by atoms with E-state index in [1.807, 2.05) is 0 Å². The molecule has 8 nitrogen and oxygen atoms in total. The fourth-order valence-electron chi connectivity index (χ4n) is 2.33. The third-order valence-electron chi connectivity index (χ3n) is 3.34. The van der Waals surface area contributed by atoms with Crippen molar-refractivity contribution in [1.29, 1.82) is 0 Å². The molecule has 116 valence electrons. The summed E-state index contributed by atoms with van der Waals surface area (Å²) in [5, 5.41) is 20.4. The molecule has 1 saturated heterocycles. The molecule has 1 atom stereocenters. The maximum Gasteiger partial charge on any atom is 0.289 e. The van der Waals surface area contributed by atoms with Crippen molar-refractivity contribution < 1.29 is 23.2 Å². The van der Waals surface area contributed by atoms with Gasteiger partial charge in [-0.3, -0.25) is 10.1 Å². The number of rotatable bonds is 4. The van der Waals surface area contributed by atoms with E-state index in [2.05, 4.69) is 0 Å². The lowest BCUT2D eigenvalue weighted by atomic mass is 10.2.